The van der Waals surface area contributed by atoms with E-state index in [1.165, 1.54) is 12.8 Å². The van der Waals surface area contributed by atoms with Crippen LogP contribution in [0.3, 0.4) is 0 Å². The summed E-state index contributed by atoms with van der Waals surface area (Å²) in [4.78, 5) is 23.7. The molecule has 1 fully saturated rings. The zero-order chi connectivity index (χ0) is 16.8. The van der Waals surface area contributed by atoms with Crippen molar-refractivity contribution in [2.24, 2.45) is 0 Å². The van der Waals surface area contributed by atoms with Gasteiger partial charge in [-0.15, -0.1) is 0 Å². The number of hydrogen-bond donors (Lipinski definition) is 3. The van der Waals surface area contributed by atoms with E-state index < -0.39 is 0 Å². The second-order valence-corrected chi connectivity index (χ2v) is 6.29. The molecule has 0 spiro atoms. The quantitative estimate of drug-likeness (QED) is 0.753. The highest BCUT2D eigenvalue weighted by molar-refractivity contribution is 5.78. The SMILES string of the molecule is Cc1cc(C(C)NC(=O)NCCC(=O)NC2CCCC2)c(C)o1. The summed E-state index contributed by atoms with van der Waals surface area (Å²) in [5.41, 5.74) is 0.969. The fourth-order valence-corrected chi connectivity index (χ4v) is 3.07. The van der Waals surface area contributed by atoms with Crippen molar-refractivity contribution in [3.05, 3.63) is 23.2 Å². The van der Waals surface area contributed by atoms with Crippen LogP contribution in [0.25, 0.3) is 0 Å². The van der Waals surface area contributed by atoms with Gasteiger partial charge in [0, 0.05) is 24.6 Å². The average Bonchev–Trinajstić information content (AvgIpc) is 3.08. The molecule has 2 rings (SSSR count). The number of urea groups is 1. The van der Waals surface area contributed by atoms with Gasteiger partial charge in [0.05, 0.1) is 6.04 Å². The number of carbonyl (C=O) groups excluding carboxylic acids is 2. The highest BCUT2D eigenvalue weighted by Crippen LogP contribution is 2.21. The molecule has 0 aromatic carbocycles. The monoisotopic (exact) mass is 321 g/mol. The number of carbonyl (C=O) groups is 2. The summed E-state index contributed by atoms with van der Waals surface area (Å²) >= 11 is 0. The van der Waals surface area contributed by atoms with Gasteiger partial charge in [-0.3, -0.25) is 4.79 Å². The number of amides is 3. The van der Waals surface area contributed by atoms with E-state index in [1.807, 2.05) is 26.8 Å². The van der Waals surface area contributed by atoms with Crippen molar-refractivity contribution in [3.8, 4) is 0 Å². The molecule has 1 aliphatic carbocycles. The van der Waals surface area contributed by atoms with E-state index in [0.29, 0.717) is 19.0 Å². The molecule has 1 aromatic rings. The average molecular weight is 321 g/mol. The van der Waals surface area contributed by atoms with Gasteiger partial charge in [0.25, 0.3) is 0 Å². The number of aryl methyl sites for hydroxylation is 2. The van der Waals surface area contributed by atoms with Gasteiger partial charge in [-0.05, 0) is 39.7 Å². The summed E-state index contributed by atoms with van der Waals surface area (Å²) < 4.78 is 5.47. The lowest BCUT2D eigenvalue weighted by Crippen LogP contribution is -2.40. The fraction of sp³-hybridized carbons (Fsp3) is 0.647. The third-order valence-electron chi connectivity index (χ3n) is 4.25. The zero-order valence-electron chi connectivity index (χ0n) is 14.2. The molecule has 0 aliphatic heterocycles. The topological polar surface area (TPSA) is 83.4 Å². The molecule has 0 saturated heterocycles. The zero-order valence-corrected chi connectivity index (χ0v) is 14.2. The molecule has 1 atom stereocenters. The van der Waals surface area contributed by atoms with Crippen molar-refractivity contribution in [1.82, 2.24) is 16.0 Å². The lowest BCUT2D eigenvalue weighted by Gasteiger charge is -2.15. The molecule has 23 heavy (non-hydrogen) atoms. The summed E-state index contributed by atoms with van der Waals surface area (Å²) in [6, 6.07) is 1.84. The number of nitrogens with one attached hydrogen (secondary N) is 3. The third kappa shape index (κ3) is 5.30. The van der Waals surface area contributed by atoms with Crippen LogP contribution in [0.15, 0.2) is 10.5 Å². The molecule has 6 heteroatoms. The smallest absolute Gasteiger partial charge is 0.315 e. The highest BCUT2D eigenvalue weighted by atomic mass is 16.3. The maximum Gasteiger partial charge on any atom is 0.315 e. The number of rotatable bonds is 6. The number of hydrogen-bond acceptors (Lipinski definition) is 3. The molecule has 1 saturated carbocycles. The van der Waals surface area contributed by atoms with E-state index in [0.717, 1.165) is 29.9 Å². The van der Waals surface area contributed by atoms with Gasteiger partial charge in [-0.2, -0.15) is 0 Å². The molecule has 0 radical (unpaired) electrons. The van der Waals surface area contributed by atoms with Crippen molar-refractivity contribution in [2.75, 3.05) is 6.54 Å². The maximum absolute atomic E-state index is 11.9. The minimum absolute atomic E-state index is 0.00607. The largest absolute Gasteiger partial charge is 0.466 e. The highest BCUT2D eigenvalue weighted by Gasteiger charge is 2.17. The van der Waals surface area contributed by atoms with Crippen molar-refractivity contribution < 1.29 is 14.0 Å². The standard InChI is InChI=1S/C17H27N3O3/c1-11-10-15(13(3)23-11)12(2)19-17(22)18-9-8-16(21)20-14-6-4-5-7-14/h10,12,14H,4-9H2,1-3H3,(H,20,21)(H2,18,19,22). The van der Waals surface area contributed by atoms with Gasteiger partial charge in [0.2, 0.25) is 5.91 Å². The second kappa shape index (κ2) is 8.04. The summed E-state index contributed by atoms with van der Waals surface area (Å²) in [5.74, 6) is 1.65. The van der Waals surface area contributed by atoms with Crippen molar-refractivity contribution >= 4 is 11.9 Å². The van der Waals surface area contributed by atoms with Crippen LogP contribution in [-0.2, 0) is 4.79 Å². The first-order valence-corrected chi connectivity index (χ1v) is 8.36. The Morgan fingerprint density at radius 1 is 1.30 bits per heavy atom. The fourth-order valence-electron chi connectivity index (χ4n) is 3.07. The Morgan fingerprint density at radius 2 is 2.00 bits per heavy atom. The Kier molecular flexibility index (Phi) is 6.07. The predicted octanol–water partition coefficient (Wildman–Crippen LogP) is 2.71. The first-order chi connectivity index (χ1) is 11.0. The summed E-state index contributed by atoms with van der Waals surface area (Å²) in [6.07, 6.45) is 4.83. The van der Waals surface area contributed by atoms with Crippen LogP contribution in [-0.4, -0.2) is 24.5 Å². The summed E-state index contributed by atoms with van der Waals surface area (Å²) in [6.45, 7) is 6.00. The van der Waals surface area contributed by atoms with E-state index in [-0.39, 0.29) is 18.0 Å². The van der Waals surface area contributed by atoms with Crippen LogP contribution in [0, 0.1) is 13.8 Å². The van der Waals surface area contributed by atoms with Gasteiger partial charge in [0.15, 0.2) is 0 Å². The van der Waals surface area contributed by atoms with Crippen LogP contribution in [0.2, 0.25) is 0 Å². The third-order valence-corrected chi connectivity index (χ3v) is 4.25. The molecule has 3 N–H and O–H groups in total. The molecule has 128 valence electrons. The minimum Gasteiger partial charge on any atom is -0.466 e. The van der Waals surface area contributed by atoms with Gasteiger partial charge >= 0.3 is 6.03 Å². The summed E-state index contributed by atoms with van der Waals surface area (Å²) in [5, 5.41) is 8.59. The minimum atomic E-state index is -0.274. The molecule has 6 nitrogen and oxygen atoms in total. The van der Waals surface area contributed by atoms with Crippen molar-refractivity contribution in [2.45, 2.75) is 65.0 Å². The molecule has 1 aromatic heterocycles. The van der Waals surface area contributed by atoms with Crippen molar-refractivity contribution in [1.29, 1.82) is 0 Å². The Morgan fingerprint density at radius 3 is 2.61 bits per heavy atom. The molecule has 3 amide bonds. The molecular formula is C17H27N3O3. The molecule has 0 bridgehead atoms. The van der Waals surface area contributed by atoms with Crippen LogP contribution in [0.4, 0.5) is 4.79 Å². The Bertz CT molecular complexity index is 547. The molecule has 1 unspecified atom stereocenters. The van der Waals surface area contributed by atoms with E-state index >= 15 is 0 Å². The Labute approximate surface area is 137 Å². The predicted molar refractivity (Wildman–Crippen MR) is 88.1 cm³/mol. The first-order valence-electron chi connectivity index (χ1n) is 8.36. The molecule has 1 aliphatic rings. The lowest BCUT2D eigenvalue weighted by molar-refractivity contribution is -0.121. The molecular weight excluding hydrogens is 294 g/mol. The van der Waals surface area contributed by atoms with E-state index in [2.05, 4.69) is 16.0 Å². The van der Waals surface area contributed by atoms with E-state index in [1.54, 1.807) is 0 Å². The van der Waals surface area contributed by atoms with Crippen LogP contribution < -0.4 is 16.0 Å². The van der Waals surface area contributed by atoms with E-state index in [4.69, 9.17) is 4.42 Å². The van der Waals surface area contributed by atoms with Crippen LogP contribution in [0.1, 0.15) is 62.2 Å². The van der Waals surface area contributed by atoms with E-state index in [9.17, 15) is 9.59 Å². The van der Waals surface area contributed by atoms with Crippen LogP contribution >= 0.6 is 0 Å². The van der Waals surface area contributed by atoms with Gasteiger partial charge < -0.3 is 20.4 Å². The van der Waals surface area contributed by atoms with Crippen LogP contribution in [0.5, 0.6) is 0 Å². The van der Waals surface area contributed by atoms with Crippen molar-refractivity contribution in [3.63, 3.8) is 0 Å². The Hall–Kier alpha value is -1.98. The normalized spacial score (nSPS) is 16.1. The Balaban J connectivity index is 1.66. The maximum atomic E-state index is 11.9. The van der Waals surface area contributed by atoms with Gasteiger partial charge in [0.1, 0.15) is 11.5 Å². The van der Waals surface area contributed by atoms with Gasteiger partial charge in [-0.25, -0.2) is 4.79 Å². The lowest BCUT2D eigenvalue weighted by atomic mass is 10.1. The van der Waals surface area contributed by atoms with Gasteiger partial charge in [-0.1, -0.05) is 12.8 Å². The molecule has 1 heterocycles. The first kappa shape index (κ1) is 17.4. The summed E-state index contributed by atoms with van der Waals surface area (Å²) in [7, 11) is 0. The second-order valence-electron chi connectivity index (χ2n) is 6.29. The number of furan rings is 1.